The van der Waals surface area contributed by atoms with Crippen molar-refractivity contribution in [2.45, 2.75) is 11.0 Å². The molecule has 7 nitrogen and oxygen atoms in total. The third-order valence-corrected chi connectivity index (χ3v) is 4.10. The summed E-state index contributed by atoms with van der Waals surface area (Å²) in [5.41, 5.74) is -10.7. The van der Waals surface area contributed by atoms with E-state index >= 15 is 0 Å². The van der Waals surface area contributed by atoms with Gasteiger partial charge in [0, 0.05) is 0 Å². The molecule has 0 atom stereocenters. The Balaban J connectivity index is 2.94. The number of anilines is 1. The zero-order valence-corrected chi connectivity index (χ0v) is 13.0. The van der Waals surface area contributed by atoms with Gasteiger partial charge in [-0.05, 0) is 18.2 Å². The van der Waals surface area contributed by atoms with Crippen molar-refractivity contribution in [3.05, 3.63) is 23.2 Å². The monoisotopic (exact) mass is 423 g/mol. The lowest BCUT2D eigenvalue weighted by Gasteiger charge is -2.12. The second-order valence-corrected chi connectivity index (χ2v) is 7.20. The van der Waals surface area contributed by atoms with E-state index in [0.717, 1.165) is 0 Å². The molecule has 0 amide bonds. The largest absolute Gasteiger partial charge is 0.534 e. The van der Waals surface area contributed by atoms with Crippen LogP contribution in [-0.2, 0) is 24.5 Å². The summed E-state index contributed by atoms with van der Waals surface area (Å²) in [4.78, 5) is 0. The van der Waals surface area contributed by atoms with Crippen LogP contribution in [0.1, 0.15) is 0 Å². The molecule has 24 heavy (non-hydrogen) atoms. The molecule has 0 bridgehead atoms. The fourth-order valence-electron chi connectivity index (χ4n) is 0.948. The average Bonchev–Trinajstić information content (AvgIpc) is 2.36. The normalized spacial score (nSPS) is 13.6. The van der Waals surface area contributed by atoms with Gasteiger partial charge in [-0.1, -0.05) is 11.6 Å². The van der Waals surface area contributed by atoms with Crippen LogP contribution in [0.5, 0.6) is 5.75 Å². The lowest BCUT2D eigenvalue weighted by atomic mass is 10.3. The zero-order chi connectivity index (χ0) is 19.0. The van der Waals surface area contributed by atoms with E-state index in [1.807, 2.05) is 0 Å². The van der Waals surface area contributed by atoms with Gasteiger partial charge in [-0.3, -0.25) is 0 Å². The van der Waals surface area contributed by atoms with Crippen LogP contribution >= 0.6 is 11.6 Å². The number of hydrogen-bond donors (Lipinski definition) is 1. The Morgan fingerprint density at radius 1 is 0.917 bits per heavy atom. The molecule has 138 valence electrons. The second-order valence-electron chi connectivity index (χ2n) is 3.71. The molecule has 0 saturated heterocycles. The minimum absolute atomic E-state index is 0.525. The SMILES string of the molecule is O=S(=O)(ONc1ccc(OS(=O)(=O)C(F)(F)F)c(Cl)c1)C(F)(F)F. The summed E-state index contributed by atoms with van der Waals surface area (Å²) < 4.78 is 122. The maximum atomic E-state index is 12.1. The van der Waals surface area contributed by atoms with Crippen LogP contribution in [0, 0.1) is 0 Å². The molecule has 1 aromatic carbocycles. The molecule has 0 saturated carbocycles. The molecule has 1 aromatic rings. The fourth-order valence-corrected chi connectivity index (χ4v) is 1.99. The van der Waals surface area contributed by atoms with Crippen molar-refractivity contribution in [1.82, 2.24) is 0 Å². The molecule has 0 spiro atoms. The van der Waals surface area contributed by atoms with Gasteiger partial charge in [-0.25, -0.2) is 5.48 Å². The summed E-state index contributed by atoms with van der Waals surface area (Å²) in [7, 11) is -12.0. The van der Waals surface area contributed by atoms with E-state index in [-0.39, 0.29) is 0 Å². The number of rotatable bonds is 5. The van der Waals surface area contributed by atoms with E-state index in [0.29, 0.717) is 18.2 Å². The standard InChI is InChI=1S/C8H4ClF6NO6S2/c9-5-3-4(16-22-24(19,20)8(13,14)15)1-2-6(5)21-23(17,18)7(10,11)12/h1-3,16H. The van der Waals surface area contributed by atoms with E-state index in [2.05, 4.69) is 8.47 Å². The second kappa shape index (κ2) is 6.45. The predicted molar refractivity (Wildman–Crippen MR) is 66.7 cm³/mol. The molecule has 0 aliphatic carbocycles. The number of halogens is 7. The van der Waals surface area contributed by atoms with Gasteiger partial charge < -0.3 is 4.18 Å². The van der Waals surface area contributed by atoms with E-state index < -0.39 is 47.7 Å². The zero-order valence-electron chi connectivity index (χ0n) is 10.6. The first-order valence-electron chi connectivity index (χ1n) is 5.13. The van der Waals surface area contributed by atoms with Crippen molar-refractivity contribution in [2.24, 2.45) is 0 Å². The molecule has 0 heterocycles. The van der Waals surface area contributed by atoms with E-state index in [1.165, 1.54) is 5.48 Å². The summed E-state index contributed by atoms with van der Waals surface area (Å²) in [6.07, 6.45) is 0. The highest BCUT2D eigenvalue weighted by atomic mass is 35.5. The maximum absolute atomic E-state index is 12.1. The summed E-state index contributed by atoms with van der Waals surface area (Å²) in [6.45, 7) is 0. The average molecular weight is 424 g/mol. The lowest BCUT2D eigenvalue weighted by Crippen LogP contribution is -2.28. The third-order valence-electron chi connectivity index (χ3n) is 1.97. The highest BCUT2D eigenvalue weighted by molar-refractivity contribution is 7.88. The van der Waals surface area contributed by atoms with Crippen LogP contribution in [0.25, 0.3) is 0 Å². The van der Waals surface area contributed by atoms with Gasteiger partial charge in [0.05, 0.1) is 10.7 Å². The number of hydrogen-bond acceptors (Lipinski definition) is 7. The van der Waals surface area contributed by atoms with Crippen LogP contribution in [0.15, 0.2) is 18.2 Å². The minimum Gasteiger partial charge on any atom is -0.374 e. The molecular weight excluding hydrogens is 420 g/mol. The Morgan fingerprint density at radius 2 is 1.42 bits per heavy atom. The van der Waals surface area contributed by atoms with Crippen LogP contribution in [0.3, 0.4) is 0 Å². The van der Waals surface area contributed by atoms with Crippen molar-refractivity contribution in [1.29, 1.82) is 0 Å². The highest BCUT2D eigenvalue weighted by Gasteiger charge is 2.49. The smallest absolute Gasteiger partial charge is 0.374 e. The summed E-state index contributed by atoms with van der Waals surface area (Å²) in [5.74, 6) is -1.00. The van der Waals surface area contributed by atoms with Crippen molar-refractivity contribution in [3.8, 4) is 5.75 Å². The minimum atomic E-state index is -6.02. The number of alkyl halides is 6. The summed E-state index contributed by atoms with van der Waals surface area (Å²) >= 11 is 5.40. The van der Waals surface area contributed by atoms with E-state index in [4.69, 9.17) is 11.6 Å². The first-order chi connectivity index (χ1) is 10.6. The topological polar surface area (TPSA) is 98.8 Å². The molecule has 0 aromatic heterocycles. The molecule has 0 aliphatic rings. The van der Waals surface area contributed by atoms with Gasteiger partial charge in [0.2, 0.25) is 0 Å². The first kappa shape index (κ1) is 20.6. The Bertz CT molecular complexity index is 818. The predicted octanol–water partition coefficient (Wildman–Crippen LogP) is 2.76. The quantitative estimate of drug-likeness (QED) is 0.336. The first-order valence-corrected chi connectivity index (χ1v) is 8.32. The van der Waals surface area contributed by atoms with Crippen molar-refractivity contribution in [3.63, 3.8) is 0 Å². The Hall–Kier alpha value is -1.45. The molecular formula is C8H4ClF6NO6S2. The van der Waals surface area contributed by atoms with Gasteiger partial charge in [0.25, 0.3) is 0 Å². The van der Waals surface area contributed by atoms with Gasteiger partial charge in [-0.2, -0.15) is 43.2 Å². The van der Waals surface area contributed by atoms with Gasteiger partial charge >= 0.3 is 31.3 Å². The molecule has 1 N–H and O–H groups in total. The van der Waals surface area contributed by atoms with Gasteiger partial charge in [0.15, 0.2) is 5.75 Å². The molecule has 0 radical (unpaired) electrons. The van der Waals surface area contributed by atoms with Crippen LogP contribution < -0.4 is 9.66 Å². The van der Waals surface area contributed by atoms with Gasteiger partial charge in [0.1, 0.15) is 0 Å². The number of benzene rings is 1. The van der Waals surface area contributed by atoms with Crippen molar-refractivity contribution < 1.29 is 51.6 Å². The molecule has 1 rings (SSSR count). The highest BCUT2D eigenvalue weighted by Crippen LogP contribution is 2.33. The summed E-state index contributed by atoms with van der Waals surface area (Å²) in [5, 5.41) is -0.791. The van der Waals surface area contributed by atoms with Crippen LogP contribution in [-0.4, -0.2) is 27.9 Å². The Kier molecular flexibility index (Phi) is 5.54. The molecule has 0 fully saturated rings. The third kappa shape index (κ3) is 4.78. The van der Waals surface area contributed by atoms with Crippen LogP contribution in [0.4, 0.5) is 32.0 Å². The Labute approximate surface area is 135 Å². The molecule has 0 unspecified atom stereocenters. The lowest BCUT2D eigenvalue weighted by molar-refractivity contribution is -0.0527. The van der Waals surface area contributed by atoms with Gasteiger partial charge in [-0.15, -0.1) is 4.28 Å². The number of nitrogens with one attached hydrogen (secondary N) is 1. The van der Waals surface area contributed by atoms with Crippen molar-refractivity contribution >= 4 is 37.5 Å². The fraction of sp³-hybridized carbons (Fsp3) is 0.250. The van der Waals surface area contributed by atoms with Crippen LogP contribution in [0.2, 0.25) is 5.02 Å². The summed E-state index contributed by atoms with van der Waals surface area (Å²) in [6, 6.07) is 1.74. The maximum Gasteiger partial charge on any atom is 0.534 e. The van der Waals surface area contributed by atoms with E-state index in [9.17, 15) is 43.2 Å². The molecule has 0 aliphatic heterocycles. The van der Waals surface area contributed by atoms with E-state index in [1.54, 1.807) is 0 Å². The van der Waals surface area contributed by atoms with Crippen molar-refractivity contribution in [2.75, 3.05) is 5.48 Å². The Morgan fingerprint density at radius 3 is 1.83 bits per heavy atom. The molecule has 16 heteroatoms.